The Hall–Kier alpha value is 0.260. The van der Waals surface area contributed by atoms with Gasteiger partial charge in [-0.3, -0.25) is 0 Å². The Labute approximate surface area is 78.0 Å². The van der Waals surface area contributed by atoms with Crippen LogP contribution in [0.2, 0.25) is 0 Å². The molecule has 0 aromatic heterocycles. The number of esters is 1. The Bertz CT molecular complexity index is 112. The molecule has 0 aromatic carbocycles. The molecular weight excluding hydrogens is 160 g/mol. The maximum atomic E-state index is 11.2. The summed E-state index contributed by atoms with van der Waals surface area (Å²) in [7, 11) is 0. The summed E-state index contributed by atoms with van der Waals surface area (Å²) in [6.45, 7) is 1.06. The van der Waals surface area contributed by atoms with Crippen LogP contribution in [0.5, 0.6) is 0 Å². The number of alkyl halides is 3. The fourth-order valence-corrected chi connectivity index (χ4v) is 0.213. The molecule has 0 aliphatic carbocycles. The third-order valence-corrected chi connectivity index (χ3v) is 0.507. The third-order valence-electron chi connectivity index (χ3n) is 0.507. The SMILES string of the molecule is CCOC(=O)C(F)(F)F.[Na]. The van der Waals surface area contributed by atoms with Gasteiger partial charge in [0.25, 0.3) is 0 Å². The maximum absolute atomic E-state index is 11.2. The molecular formula is C4H5F3NaO2. The van der Waals surface area contributed by atoms with E-state index in [0.29, 0.717) is 0 Å². The van der Waals surface area contributed by atoms with Crippen LogP contribution in [0.25, 0.3) is 0 Å². The number of hydrogen-bond acceptors (Lipinski definition) is 2. The van der Waals surface area contributed by atoms with Gasteiger partial charge in [-0.2, -0.15) is 13.2 Å². The van der Waals surface area contributed by atoms with Gasteiger partial charge in [0.15, 0.2) is 0 Å². The summed E-state index contributed by atoms with van der Waals surface area (Å²) in [6.07, 6.45) is -4.85. The largest absolute Gasteiger partial charge is 0.490 e. The van der Waals surface area contributed by atoms with Gasteiger partial charge < -0.3 is 4.74 Å². The summed E-state index contributed by atoms with van der Waals surface area (Å²) in [5.41, 5.74) is 0. The topological polar surface area (TPSA) is 26.3 Å². The number of carbonyl (C=O) groups excluding carboxylic acids is 1. The van der Waals surface area contributed by atoms with Crippen LogP contribution in [-0.2, 0) is 9.53 Å². The third kappa shape index (κ3) is 5.08. The molecule has 0 amide bonds. The van der Waals surface area contributed by atoms with E-state index >= 15 is 0 Å². The van der Waals surface area contributed by atoms with Crippen molar-refractivity contribution in [3.63, 3.8) is 0 Å². The van der Waals surface area contributed by atoms with Gasteiger partial charge >= 0.3 is 12.1 Å². The zero-order valence-corrected chi connectivity index (χ0v) is 7.66. The van der Waals surface area contributed by atoms with Crippen molar-refractivity contribution >= 4 is 35.5 Å². The van der Waals surface area contributed by atoms with Gasteiger partial charge in [0.1, 0.15) is 0 Å². The molecule has 0 aliphatic rings. The van der Waals surface area contributed by atoms with E-state index in [9.17, 15) is 18.0 Å². The molecule has 0 unspecified atom stereocenters. The Morgan fingerprint density at radius 3 is 2.00 bits per heavy atom. The van der Waals surface area contributed by atoms with E-state index in [1.807, 2.05) is 0 Å². The molecule has 10 heavy (non-hydrogen) atoms. The summed E-state index contributed by atoms with van der Waals surface area (Å²) >= 11 is 0. The van der Waals surface area contributed by atoms with Crippen molar-refractivity contribution in [3.8, 4) is 0 Å². The first-order valence-electron chi connectivity index (χ1n) is 2.22. The summed E-state index contributed by atoms with van der Waals surface area (Å²) in [4.78, 5) is 9.72. The Kier molecular flexibility index (Phi) is 6.43. The zero-order chi connectivity index (χ0) is 7.49. The minimum atomic E-state index is -4.85. The molecule has 0 rings (SSSR count). The minimum Gasteiger partial charge on any atom is -0.459 e. The predicted molar refractivity (Wildman–Crippen MR) is 28.4 cm³/mol. The van der Waals surface area contributed by atoms with Gasteiger partial charge in [0.2, 0.25) is 0 Å². The molecule has 1 radical (unpaired) electrons. The van der Waals surface area contributed by atoms with Crippen molar-refractivity contribution in [1.29, 1.82) is 0 Å². The molecule has 6 heteroatoms. The molecule has 0 spiro atoms. The maximum Gasteiger partial charge on any atom is 0.490 e. The predicted octanol–water partition coefficient (Wildman–Crippen LogP) is 0.731. The van der Waals surface area contributed by atoms with E-state index in [-0.39, 0.29) is 36.2 Å². The van der Waals surface area contributed by atoms with Gasteiger partial charge in [0, 0.05) is 29.6 Å². The average molecular weight is 165 g/mol. The van der Waals surface area contributed by atoms with Crippen LogP contribution in [0.1, 0.15) is 6.92 Å². The molecule has 55 valence electrons. The van der Waals surface area contributed by atoms with E-state index in [1.54, 1.807) is 0 Å². The van der Waals surface area contributed by atoms with Crippen LogP contribution < -0.4 is 0 Å². The summed E-state index contributed by atoms with van der Waals surface area (Å²) in [5, 5.41) is 0. The van der Waals surface area contributed by atoms with E-state index in [4.69, 9.17) is 0 Å². The molecule has 0 bridgehead atoms. The van der Waals surface area contributed by atoms with E-state index in [1.165, 1.54) is 6.92 Å². The molecule has 0 heterocycles. The molecule has 0 N–H and O–H groups in total. The molecule has 0 saturated heterocycles. The van der Waals surface area contributed by atoms with Crippen molar-refractivity contribution < 1.29 is 22.7 Å². The second-order valence-corrected chi connectivity index (χ2v) is 1.22. The first-order valence-corrected chi connectivity index (χ1v) is 2.22. The van der Waals surface area contributed by atoms with Gasteiger partial charge in [-0.05, 0) is 6.92 Å². The minimum absolute atomic E-state index is 0. The number of carbonyl (C=O) groups is 1. The van der Waals surface area contributed by atoms with E-state index in [2.05, 4.69) is 4.74 Å². The van der Waals surface area contributed by atoms with Crippen molar-refractivity contribution in [3.05, 3.63) is 0 Å². The van der Waals surface area contributed by atoms with Crippen molar-refractivity contribution in [2.75, 3.05) is 6.61 Å². The standard InChI is InChI=1S/C4H5F3O2.Na/c1-2-9-3(8)4(5,6)7;/h2H2,1H3;. The van der Waals surface area contributed by atoms with Crippen molar-refractivity contribution in [1.82, 2.24) is 0 Å². The zero-order valence-electron chi connectivity index (χ0n) is 5.66. The van der Waals surface area contributed by atoms with Crippen LogP contribution in [0, 0.1) is 0 Å². The number of halogens is 3. The van der Waals surface area contributed by atoms with Crippen LogP contribution in [0.4, 0.5) is 13.2 Å². The normalized spacial score (nSPS) is 10.0. The van der Waals surface area contributed by atoms with Crippen molar-refractivity contribution in [2.45, 2.75) is 13.1 Å². The summed E-state index contributed by atoms with van der Waals surface area (Å²) < 4.78 is 37.1. The van der Waals surface area contributed by atoms with Gasteiger partial charge in [-0.15, -0.1) is 0 Å². The smallest absolute Gasteiger partial charge is 0.459 e. The first kappa shape index (κ1) is 12.9. The molecule has 2 nitrogen and oxygen atoms in total. The molecule has 0 atom stereocenters. The first-order chi connectivity index (χ1) is 3.98. The van der Waals surface area contributed by atoms with Crippen LogP contribution in [0.3, 0.4) is 0 Å². The fraction of sp³-hybridized carbons (Fsp3) is 0.750. The molecule has 0 saturated carbocycles. The van der Waals surface area contributed by atoms with Crippen LogP contribution >= 0.6 is 0 Å². The average Bonchev–Trinajstić information content (AvgIpc) is 1.64. The quantitative estimate of drug-likeness (QED) is 0.423. The number of rotatable bonds is 1. The second-order valence-electron chi connectivity index (χ2n) is 1.22. The Morgan fingerprint density at radius 2 is 1.90 bits per heavy atom. The molecule has 0 aromatic rings. The van der Waals surface area contributed by atoms with Gasteiger partial charge in [-0.25, -0.2) is 4.79 Å². The van der Waals surface area contributed by atoms with E-state index < -0.39 is 12.1 Å². The van der Waals surface area contributed by atoms with Gasteiger partial charge in [-0.1, -0.05) is 0 Å². The monoisotopic (exact) mass is 165 g/mol. The fourth-order valence-electron chi connectivity index (χ4n) is 0.213. The molecule has 0 aliphatic heterocycles. The van der Waals surface area contributed by atoms with Crippen LogP contribution in [-0.4, -0.2) is 48.3 Å². The Balaban J connectivity index is 0. The van der Waals surface area contributed by atoms with Crippen LogP contribution in [0.15, 0.2) is 0 Å². The summed E-state index contributed by atoms with van der Waals surface area (Å²) in [6, 6.07) is 0. The van der Waals surface area contributed by atoms with Crippen molar-refractivity contribution in [2.24, 2.45) is 0 Å². The number of hydrogen-bond donors (Lipinski definition) is 0. The van der Waals surface area contributed by atoms with Gasteiger partial charge in [0.05, 0.1) is 6.61 Å². The molecule has 0 fully saturated rings. The Morgan fingerprint density at radius 1 is 1.50 bits per heavy atom. The number of ether oxygens (including phenoxy) is 1. The van der Waals surface area contributed by atoms with E-state index in [0.717, 1.165) is 0 Å². The summed E-state index contributed by atoms with van der Waals surface area (Å²) in [5.74, 6) is -2.13. The second kappa shape index (κ2) is 4.98.